The summed E-state index contributed by atoms with van der Waals surface area (Å²) in [5.41, 5.74) is 2.64. The van der Waals surface area contributed by atoms with Crippen LogP contribution in [0.15, 0.2) is 24.3 Å². The first-order chi connectivity index (χ1) is 8.59. The molecule has 0 amide bonds. The maximum absolute atomic E-state index is 10.5. The number of thioether (sulfide) groups is 1. The number of para-hydroxylation sites is 1. The van der Waals surface area contributed by atoms with Gasteiger partial charge in [0.1, 0.15) is 0 Å². The van der Waals surface area contributed by atoms with E-state index in [1.807, 2.05) is 31.2 Å². The molecule has 0 spiro atoms. The van der Waals surface area contributed by atoms with Crippen LogP contribution in [0.4, 0.5) is 0 Å². The Morgan fingerprint density at radius 3 is 2.89 bits per heavy atom. The van der Waals surface area contributed by atoms with Gasteiger partial charge in [-0.1, -0.05) is 29.8 Å². The molecule has 0 fully saturated rings. The Hall–Kier alpha value is -1.26. The summed E-state index contributed by atoms with van der Waals surface area (Å²) < 4.78 is 0. The number of carbonyl (C=O) groups is 1. The van der Waals surface area contributed by atoms with Crippen LogP contribution in [0.2, 0.25) is 5.02 Å². The summed E-state index contributed by atoms with van der Waals surface area (Å²) in [6.45, 7) is 1.96. The second kappa shape index (κ2) is 5.59. The number of hydrogen-bond donors (Lipinski definition) is 1. The van der Waals surface area contributed by atoms with Crippen LogP contribution in [0.3, 0.4) is 0 Å². The van der Waals surface area contributed by atoms with Crippen molar-refractivity contribution in [2.24, 2.45) is 0 Å². The predicted octanol–water partition coefficient (Wildman–Crippen LogP) is 3.51. The van der Waals surface area contributed by atoms with Crippen molar-refractivity contribution in [3.05, 3.63) is 40.5 Å². The molecule has 94 valence electrons. The average Bonchev–Trinajstić information content (AvgIpc) is 2.35. The highest BCUT2D eigenvalue weighted by atomic mass is 35.5. The molecule has 1 N–H and O–H groups in total. The summed E-state index contributed by atoms with van der Waals surface area (Å²) in [5.74, 6) is -0.255. The largest absolute Gasteiger partial charge is 0.481 e. The zero-order valence-electron chi connectivity index (χ0n) is 9.81. The van der Waals surface area contributed by atoms with Gasteiger partial charge in [0.05, 0.1) is 22.0 Å². The van der Waals surface area contributed by atoms with Crippen LogP contribution < -0.4 is 0 Å². The quantitative estimate of drug-likeness (QED) is 0.932. The van der Waals surface area contributed by atoms with E-state index < -0.39 is 5.97 Å². The second-order valence-corrected chi connectivity index (χ2v) is 5.26. The highest BCUT2D eigenvalue weighted by Gasteiger charge is 2.10. The SMILES string of the molecule is Cc1c(Cl)c(CSCC(=O)O)nc2ccccc12. The van der Waals surface area contributed by atoms with Crippen LogP contribution in [0.5, 0.6) is 0 Å². The lowest BCUT2D eigenvalue weighted by Gasteiger charge is -2.09. The number of pyridine rings is 1. The fraction of sp³-hybridized carbons (Fsp3) is 0.231. The highest BCUT2D eigenvalue weighted by Crippen LogP contribution is 2.28. The molecule has 1 heterocycles. The van der Waals surface area contributed by atoms with Gasteiger partial charge < -0.3 is 5.11 Å². The number of hydrogen-bond acceptors (Lipinski definition) is 3. The van der Waals surface area contributed by atoms with E-state index in [0.717, 1.165) is 22.2 Å². The molecule has 0 bridgehead atoms. The summed E-state index contributed by atoms with van der Waals surface area (Å²) >= 11 is 7.56. The lowest BCUT2D eigenvalue weighted by Crippen LogP contribution is -2.00. The van der Waals surface area contributed by atoms with Crippen molar-refractivity contribution in [2.75, 3.05) is 5.75 Å². The van der Waals surface area contributed by atoms with Gasteiger partial charge >= 0.3 is 5.97 Å². The van der Waals surface area contributed by atoms with Gasteiger partial charge in [0.15, 0.2) is 0 Å². The zero-order chi connectivity index (χ0) is 13.1. The Balaban J connectivity index is 2.33. The van der Waals surface area contributed by atoms with Gasteiger partial charge in [-0.25, -0.2) is 0 Å². The van der Waals surface area contributed by atoms with Crippen molar-refractivity contribution in [1.29, 1.82) is 0 Å². The lowest BCUT2D eigenvalue weighted by atomic mass is 10.1. The second-order valence-electron chi connectivity index (χ2n) is 3.90. The smallest absolute Gasteiger partial charge is 0.313 e. The summed E-state index contributed by atoms with van der Waals surface area (Å²) in [6, 6.07) is 7.80. The molecule has 18 heavy (non-hydrogen) atoms. The number of fused-ring (bicyclic) bond motifs is 1. The van der Waals surface area contributed by atoms with E-state index in [-0.39, 0.29) is 5.75 Å². The maximum Gasteiger partial charge on any atom is 0.313 e. The first-order valence-corrected chi connectivity index (χ1v) is 6.96. The summed E-state index contributed by atoms with van der Waals surface area (Å²) in [7, 11) is 0. The minimum atomic E-state index is -0.825. The third kappa shape index (κ3) is 2.76. The molecule has 0 unspecified atom stereocenters. The molecule has 1 aromatic heterocycles. The molecular formula is C13H12ClNO2S. The third-order valence-corrected chi connectivity index (χ3v) is 4.04. The van der Waals surface area contributed by atoms with Crippen molar-refractivity contribution in [2.45, 2.75) is 12.7 Å². The van der Waals surface area contributed by atoms with E-state index in [1.54, 1.807) is 0 Å². The number of carboxylic acid groups (broad SMARTS) is 1. The molecule has 3 nitrogen and oxygen atoms in total. The average molecular weight is 282 g/mol. The van der Waals surface area contributed by atoms with Gasteiger partial charge in [-0.05, 0) is 18.6 Å². The van der Waals surface area contributed by atoms with Crippen molar-refractivity contribution in [3.63, 3.8) is 0 Å². The van der Waals surface area contributed by atoms with Gasteiger partial charge in [0.25, 0.3) is 0 Å². The molecular weight excluding hydrogens is 270 g/mol. The Morgan fingerprint density at radius 1 is 1.44 bits per heavy atom. The minimum absolute atomic E-state index is 0.0594. The fourth-order valence-electron chi connectivity index (χ4n) is 1.75. The highest BCUT2D eigenvalue weighted by molar-refractivity contribution is 7.99. The van der Waals surface area contributed by atoms with Gasteiger partial charge in [-0.3, -0.25) is 9.78 Å². The molecule has 2 rings (SSSR count). The Bertz CT molecular complexity index is 601. The molecule has 0 aliphatic carbocycles. The molecule has 5 heteroatoms. The number of aryl methyl sites for hydroxylation is 1. The topological polar surface area (TPSA) is 50.2 Å². The molecule has 0 saturated carbocycles. The van der Waals surface area contributed by atoms with E-state index in [2.05, 4.69) is 4.98 Å². The minimum Gasteiger partial charge on any atom is -0.481 e. The predicted molar refractivity (Wildman–Crippen MR) is 75.3 cm³/mol. The lowest BCUT2D eigenvalue weighted by molar-refractivity contribution is -0.133. The standard InChI is InChI=1S/C13H12ClNO2S/c1-8-9-4-2-3-5-10(9)15-11(13(8)14)6-18-7-12(16)17/h2-5H,6-7H2,1H3,(H,16,17). The molecule has 0 atom stereocenters. The first kappa shape index (κ1) is 13.2. The Labute approximate surface area is 114 Å². The van der Waals surface area contributed by atoms with Gasteiger partial charge in [-0.15, -0.1) is 11.8 Å². The van der Waals surface area contributed by atoms with E-state index >= 15 is 0 Å². The number of nitrogens with zero attached hydrogens (tertiary/aromatic N) is 1. The summed E-state index contributed by atoms with van der Waals surface area (Å²) in [5, 5.41) is 10.3. The number of halogens is 1. The van der Waals surface area contributed by atoms with Crippen LogP contribution in [-0.2, 0) is 10.5 Å². The summed E-state index contributed by atoms with van der Waals surface area (Å²) in [6.07, 6.45) is 0. The molecule has 2 aromatic rings. The van der Waals surface area contributed by atoms with Crippen molar-refractivity contribution in [3.8, 4) is 0 Å². The first-order valence-electron chi connectivity index (χ1n) is 5.43. The van der Waals surface area contributed by atoms with E-state index in [4.69, 9.17) is 16.7 Å². The Kier molecular flexibility index (Phi) is 4.09. The summed E-state index contributed by atoms with van der Waals surface area (Å²) in [4.78, 5) is 15.0. The van der Waals surface area contributed by atoms with Crippen LogP contribution in [0, 0.1) is 6.92 Å². The Morgan fingerprint density at radius 2 is 2.17 bits per heavy atom. The number of carboxylic acids is 1. The maximum atomic E-state index is 10.5. The van der Waals surface area contributed by atoms with E-state index in [9.17, 15) is 4.79 Å². The van der Waals surface area contributed by atoms with Gasteiger partial charge in [-0.2, -0.15) is 0 Å². The normalized spacial score (nSPS) is 10.8. The molecule has 0 aliphatic rings. The molecule has 0 radical (unpaired) electrons. The third-order valence-electron chi connectivity index (χ3n) is 2.61. The molecule has 1 aromatic carbocycles. The van der Waals surface area contributed by atoms with Crippen molar-refractivity contribution < 1.29 is 9.90 Å². The number of rotatable bonds is 4. The monoisotopic (exact) mass is 281 g/mol. The molecule has 0 saturated heterocycles. The van der Waals surface area contributed by atoms with Crippen molar-refractivity contribution >= 4 is 40.2 Å². The van der Waals surface area contributed by atoms with Crippen molar-refractivity contribution in [1.82, 2.24) is 4.98 Å². The fourth-order valence-corrected chi connectivity index (χ4v) is 2.72. The van der Waals surface area contributed by atoms with Crippen LogP contribution in [0.1, 0.15) is 11.3 Å². The van der Waals surface area contributed by atoms with Crippen LogP contribution >= 0.6 is 23.4 Å². The number of benzene rings is 1. The number of aliphatic carboxylic acids is 1. The van der Waals surface area contributed by atoms with Gasteiger partial charge in [0, 0.05) is 11.1 Å². The van der Waals surface area contributed by atoms with Gasteiger partial charge in [0.2, 0.25) is 0 Å². The molecule has 0 aliphatic heterocycles. The van der Waals surface area contributed by atoms with Crippen LogP contribution in [-0.4, -0.2) is 21.8 Å². The zero-order valence-corrected chi connectivity index (χ0v) is 11.4. The van der Waals surface area contributed by atoms with E-state index in [0.29, 0.717) is 10.8 Å². The number of aromatic nitrogens is 1. The van der Waals surface area contributed by atoms with E-state index in [1.165, 1.54) is 11.8 Å². The van der Waals surface area contributed by atoms with Crippen LogP contribution in [0.25, 0.3) is 10.9 Å².